The second-order valence-electron chi connectivity index (χ2n) is 7.51. The number of benzene rings is 2. The fraction of sp³-hybridized carbons (Fsp3) is 0.364. The molecule has 1 heterocycles. The van der Waals surface area contributed by atoms with Crippen LogP contribution in [0.1, 0.15) is 34.5 Å². The van der Waals surface area contributed by atoms with E-state index in [1.807, 2.05) is 42.2 Å². The van der Waals surface area contributed by atoms with Gasteiger partial charge in [0, 0.05) is 38.3 Å². The van der Waals surface area contributed by atoms with Gasteiger partial charge in [-0.25, -0.2) is 4.79 Å². The molecule has 0 saturated carbocycles. The van der Waals surface area contributed by atoms with Crippen molar-refractivity contribution in [3.8, 4) is 0 Å². The second-order valence-corrected chi connectivity index (χ2v) is 8.33. The Kier molecular flexibility index (Phi) is 7.58. The van der Waals surface area contributed by atoms with Gasteiger partial charge in [0.05, 0.1) is 16.1 Å². The van der Waals surface area contributed by atoms with Crippen LogP contribution in [0.25, 0.3) is 0 Å². The first kappa shape index (κ1) is 22.4. The number of carbonyl (C=O) groups excluding carboxylic acids is 2. The summed E-state index contributed by atoms with van der Waals surface area (Å²) in [6, 6.07) is 12.1. The van der Waals surface area contributed by atoms with Crippen molar-refractivity contribution in [1.82, 2.24) is 20.4 Å². The van der Waals surface area contributed by atoms with Crippen LogP contribution in [-0.2, 0) is 6.54 Å². The minimum atomic E-state index is -0.286. The highest BCUT2D eigenvalue weighted by Gasteiger charge is 2.20. The van der Waals surface area contributed by atoms with Gasteiger partial charge in [-0.2, -0.15) is 0 Å². The smallest absolute Gasteiger partial charge is 0.315 e. The molecule has 3 amide bonds. The Morgan fingerprint density at radius 1 is 1.00 bits per heavy atom. The van der Waals surface area contributed by atoms with Crippen molar-refractivity contribution in [2.24, 2.45) is 0 Å². The summed E-state index contributed by atoms with van der Waals surface area (Å²) >= 11 is 12.0. The monoisotopic (exact) mass is 448 g/mol. The largest absolute Gasteiger partial charge is 0.336 e. The summed E-state index contributed by atoms with van der Waals surface area (Å²) in [5, 5.41) is 6.64. The second kappa shape index (κ2) is 10.2. The number of amides is 3. The Bertz CT molecular complexity index is 897. The van der Waals surface area contributed by atoms with E-state index in [9.17, 15) is 9.59 Å². The number of nitrogens with zero attached hydrogens (tertiary/aromatic N) is 2. The third-order valence-electron chi connectivity index (χ3n) is 5.24. The highest BCUT2D eigenvalue weighted by Crippen LogP contribution is 2.25. The van der Waals surface area contributed by atoms with Gasteiger partial charge in [-0.3, -0.25) is 4.79 Å². The first-order valence-corrected chi connectivity index (χ1v) is 10.6. The van der Waals surface area contributed by atoms with Gasteiger partial charge < -0.3 is 20.4 Å². The lowest BCUT2D eigenvalue weighted by atomic mass is 10.1. The highest BCUT2D eigenvalue weighted by molar-refractivity contribution is 6.42. The molecular formula is C22H26Cl2N4O2. The van der Waals surface area contributed by atoms with Crippen molar-refractivity contribution < 1.29 is 9.59 Å². The van der Waals surface area contributed by atoms with E-state index in [4.69, 9.17) is 23.2 Å². The zero-order valence-corrected chi connectivity index (χ0v) is 18.6. The minimum Gasteiger partial charge on any atom is -0.336 e. The van der Waals surface area contributed by atoms with Gasteiger partial charge >= 0.3 is 6.03 Å². The average Bonchev–Trinajstić information content (AvgIpc) is 2.74. The van der Waals surface area contributed by atoms with Crippen molar-refractivity contribution in [2.45, 2.75) is 19.5 Å². The van der Waals surface area contributed by atoms with Crippen molar-refractivity contribution in [3.05, 3.63) is 69.2 Å². The SMILES string of the molecule is CC(NC(=O)NCc1ccc(C(=O)N2CCN(C)CC2)cc1)c1ccc(Cl)c(Cl)c1. The first-order valence-electron chi connectivity index (χ1n) is 9.89. The van der Waals surface area contributed by atoms with E-state index in [0.29, 0.717) is 22.2 Å². The summed E-state index contributed by atoms with van der Waals surface area (Å²) in [5.74, 6) is 0.0517. The molecule has 3 rings (SSSR count). The molecule has 1 aliphatic rings. The van der Waals surface area contributed by atoms with E-state index in [-0.39, 0.29) is 18.0 Å². The lowest BCUT2D eigenvalue weighted by molar-refractivity contribution is 0.0664. The van der Waals surface area contributed by atoms with Gasteiger partial charge in [-0.1, -0.05) is 41.4 Å². The Morgan fingerprint density at radius 2 is 1.67 bits per heavy atom. The van der Waals surface area contributed by atoms with Crippen LogP contribution >= 0.6 is 23.2 Å². The molecule has 1 fully saturated rings. The standard InChI is InChI=1S/C22H26Cl2N4O2/c1-15(18-7-8-19(23)20(24)13-18)26-22(30)25-14-16-3-5-17(6-4-16)21(29)28-11-9-27(2)10-12-28/h3-8,13,15H,9-12,14H2,1-2H3,(H2,25,26,30). The zero-order valence-electron chi connectivity index (χ0n) is 17.1. The fourth-order valence-electron chi connectivity index (χ4n) is 3.25. The average molecular weight is 449 g/mol. The van der Waals surface area contributed by atoms with Gasteiger partial charge in [-0.05, 0) is 49.4 Å². The van der Waals surface area contributed by atoms with E-state index < -0.39 is 0 Å². The van der Waals surface area contributed by atoms with Gasteiger partial charge in [0.2, 0.25) is 0 Å². The quantitative estimate of drug-likeness (QED) is 0.727. The van der Waals surface area contributed by atoms with E-state index >= 15 is 0 Å². The van der Waals surface area contributed by atoms with E-state index in [2.05, 4.69) is 22.6 Å². The predicted molar refractivity (Wildman–Crippen MR) is 120 cm³/mol. The first-order chi connectivity index (χ1) is 14.3. The van der Waals surface area contributed by atoms with Crippen molar-refractivity contribution in [3.63, 3.8) is 0 Å². The van der Waals surface area contributed by atoms with Crippen LogP contribution in [0.2, 0.25) is 10.0 Å². The number of piperazine rings is 1. The van der Waals surface area contributed by atoms with Crippen LogP contribution in [-0.4, -0.2) is 55.0 Å². The zero-order chi connectivity index (χ0) is 21.7. The molecule has 1 atom stereocenters. The molecule has 2 aromatic rings. The Hall–Kier alpha value is -2.28. The molecule has 0 radical (unpaired) electrons. The summed E-state index contributed by atoms with van der Waals surface area (Å²) in [6.07, 6.45) is 0. The molecule has 0 spiro atoms. The van der Waals surface area contributed by atoms with Gasteiger partial charge in [0.15, 0.2) is 0 Å². The van der Waals surface area contributed by atoms with E-state index in [0.717, 1.165) is 37.3 Å². The van der Waals surface area contributed by atoms with Crippen LogP contribution < -0.4 is 10.6 Å². The third kappa shape index (κ3) is 5.88. The number of carbonyl (C=O) groups is 2. The summed E-state index contributed by atoms with van der Waals surface area (Å²) in [4.78, 5) is 28.9. The van der Waals surface area contributed by atoms with Crippen molar-refractivity contribution >= 4 is 35.1 Å². The molecule has 0 aromatic heterocycles. The van der Waals surface area contributed by atoms with Crippen LogP contribution in [0, 0.1) is 0 Å². The lowest BCUT2D eigenvalue weighted by Crippen LogP contribution is -2.47. The van der Waals surface area contributed by atoms with Crippen LogP contribution in [0.5, 0.6) is 0 Å². The molecular weight excluding hydrogens is 423 g/mol. The van der Waals surface area contributed by atoms with Crippen LogP contribution in [0.15, 0.2) is 42.5 Å². The van der Waals surface area contributed by atoms with E-state index in [1.54, 1.807) is 12.1 Å². The van der Waals surface area contributed by atoms with Gasteiger partial charge in [0.25, 0.3) is 5.91 Å². The number of likely N-dealkylation sites (N-methyl/N-ethyl adjacent to an activating group) is 1. The molecule has 0 bridgehead atoms. The molecule has 1 saturated heterocycles. The van der Waals surface area contributed by atoms with Crippen LogP contribution in [0.4, 0.5) is 4.79 Å². The maximum Gasteiger partial charge on any atom is 0.315 e. The topological polar surface area (TPSA) is 64.7 Å². The molecule has 8 heteroatoms. The molecule has 160 valence electrons. The summed E-state index contributed by atoms with van der Waals surface area (Å²) < 4.78 is 0. The third-order valence-corrected chi connectivity index (χ3v) is 5.97. The predicted octanol–water partition coefficient (Wildman–Crippen LogP) is 3.94. The number of hydrogen-bond acceptors (Lipinski definition) is 3. The molecule has 6 nitrogen and oxygen atoms in total. The lowest BCUT2D eigenvalue weighted by Gasteiger charge is -2.32. The highest BCUT2D eigenvalue weighted by atomic mass is 35.5. The maximum absolute atomic E-state index is 12.6. The number of hydrogen-bond donors (Lipinski definition) is 2. The Balaban J connectivity index is 1.49. The molecule has 1 unspecified atom stereocenters. The number of halogens is 2. The van der Waals surface area contributed by atoms with Crippen molar-refractivity contribution in [2.75, 3.05) is 33.2 Å². The Morgan fingerprint density at radius 3 is 2.30 bits per heavy atom. The molecule has 1 aliphatic heterocycles. The van der Waals surface area contributed by atoms with Crippen molar-refractivity contribution in [1.29, 1.82) is 0 Å². The van der Waals surface area contributed by atoms with E-state index in [1.165, 1.54) is 0 Å². The van der Waals surface area contributed by atoms with Gasteiger partial charge in [0.1, 0.15) is 0 Å². The fourth-order valence-corrected chi connectivity index (χ4v) is 3.56. The normalized spacial score (nSPS) is 15.5. The molecule has 0 aliphatic carbocycles. The Labute approximate surface area is 187 Å². The minimum absolute atomic E-state index is 0.0517. The number of rotatable bonds is 5. The summed E-state index contributed by atoms with van der Waals surface area (Å²) in [7, 11) is 2.06. The summed E-state index contributed by atoms with van der Waals surface area (Å²) in [5.41, 5.74) is 2.45. The van der Waals surface area contributed by atoms with Crippen LogP contribution in [0.3, 0.4) is 0 Å². The van der Waals surface area contributed by atoms with Gasteiger partial charge in [-0.15, -0.1) is 0 Å². The number of nitrogens with one attached hydrogen (secondary N) is 2. The summed E-state index contributed by atoms with van der Waals surface area (Å²) in [6.45, 7) is 5.51. The molecule has 2 aromatic carbocycles. The maximum atomic E-state index is 12.6. The molecule has 2 N–H and O–H groups in total. The molecule has 30 heavy (non-hydrogen) atoms. The number of urea groups is 1.